The summed E-state index contributed by atoms with van der Waals surface area (Å²) in [6, 6.07) is 5.54. The smallest absolute Gasteiger partial charge is 0.340 e. The molecule has 0 aliphatic carbocycles. The first-order valence-corrected chi connectivity index (χ1v) is 7.01. The lowest BCUT2D eigenvalue weighted by Crippen LogP contribution is -2.20. The fourth-order valence-corrected chi connectivity index (χ4v) is 1.95. The van der Waals surface area contributed by atoms with E-state index >= 15 is 0 Å². The van der Waals surface area contributed by atoms with Crippen LogP contribution < -0.4 is 5.32 Å². The van der Waals surface area contributed by atoms with Crippen molar-refractivity contribution in [2.24, 2.45) is 0 Å². The molecule has 0 unspecified atom stereocenters. The summed E-state index contributed by atoms with van der Waals surface area (Å²) in [7, 11) is 1.39. The third kappa shape index (κ3) is 3.57. The fraction of sp³-hybridized carbons (Fsp3) is 0.467. The predicted molar refractivity (Wildman–Crippen MR) is 81.0 cm³/mol. The van der Waals surface area contributed by atoms with Crippen molar-refractivity contribution >= 4 is 16.9 Å². The topological polar surface area (TPSA) is 56.2 Å². The molecule has 2 aromatic rings. The monoisotopic (exact) mass is 277 g/mol. The van der Waals surface area contributed by atoms with E-state index in [9.17, 15) is 4.79 Å². The van der Waals surface area contributed by atoms with Gasteiger partial charge in [-0.2, -0.15) is 5.10 Å². The average Bonchev–Trinajstić information content (AvgIpc) is 2.92. The van der Waals surface area contributed by atoms with Crippen molar-refractivity contribution in [1.82, 2.24) is 15.1 Å². The second-order valence-corrected chi connectivity index (χ2v) is 3.96. The number of aromatic nitrogens is 2. The van der Waals surface area contributed by atoms with Crippen molar-refractivity contribution in [1.29, 1.82) is 0 Å². The Hall–Kier alpha value is -1.88. The highest BCUT2D eigenvalue weighted by molar-refractivity contribution is 6.02. The largest absolute Gasteiger partial charge is 0.465 e. The zero-order chi connectivity index (χ0) is 15.0. The molecule has 0 bridgehead atoms. The Kier molecular flexibility index (Phi) is 6.73. The lowest BCUT2D eigenvalue weighted by atomic mass is 10.1. The van der Waals surface area contributed by atoms with Gasteiger partial charge in [-0.25, -0.2) is 4.79 Å². The van der Waals surface area contributed by atoms with Crippen LogP contribution in [0.15, 0.2) is 24.4 Å². The number of rotatable bonds is 5. The molecule has 0 aliphatic rings. The molecular weight excluding hydrogens is 254 g/mol. The van der Waals surface area contributed by atoms with Crippen LogP contribution in [-0.4, -0.2) is 35.9 Å². The molecule has 0 radical (unpaired) electrons. The fourth-order valence-electron chi connectivity index (χ4n) is 1.95. The Morgan fingerprint density at radius 2 is 2.15 bits per heavy atom. The van der Waals surface area contributed by atoms with E-state index in [0.717, 1.165) is 30.5 Å². The predicted octanol–water partition coefficient (Wildman–Crippen LogP) is 2.46. The Morgan fingerprint density at radius 1 is 1.40 bits per heavy atom. The van der Waals surface area contributed by atoms with Crippen molar-refractivity contribution in [3.05, 3.63) is 30.0 Å². The summed E-state index contributed by atoms with van der Waals surface area (Å²) in [4.78, 5) is 11.7. The van der Waals surface area contributed by atoms with E-state index in [4.69, 9.17) is 4.74 Å². The highest BCUT2D eigenvalue weighted by Gasteiger charge is 2.14. The van der Waals surface area contributed by atoms with Gasteiger partial charge in [0.05, 0.1) is 30.9 Å². The molecule has 0 saturated heterocycles. The minimum atomic E-state index is -0.328. The molecule has 0 fully saturated rings. The number of benzene rings is 1. The van der Waals surface area contributed by atoms with Crippen LogP contribution in [0.4, 0.5) is 0 Å². The maximum Gasteiger partial charge on any atom is 0.340 e. The Labute approximate surface area is 119 Å². The van der Waals surface area contributed by atoms with E-state index in [2.05, 4.69) is 17.3 Å². The zero-order valence-corrected chi connectivity index (χ0v) is 12.6. The standard InChI is InChI=1S/C13H17N3O2.C2H6/c1-3-14-7-8-16-12-10(9-15-16)5-4-6-11(12)13(17)18-2;1-2/h4-6,9,14H,3,7-8H2,1-2H3;1-2H3. The van der Waals surface area contributed by atoms with Crippen LogP contribution in [0.1, 0.15) is 31.1 Å². The summed E-state index contributed by atoms with van der Waals surface area (Å²) in [6.07, 6.45) is 1.77. The van der Waals surface area contributed by atoms with Crippen LogP contribution >= 0.6 is 0 Å². The van der Waals surface area contributed by atoms with E-state index in [0.29, 0.717) is 5.56 Å². The lowest BCUT2D eigenvalue weighted by molar-refractivity contribution is 0.0602. The molecule has 1 aromatic heterocycles. The normalized spacial score (nSPS) is 10.0. The number of carbonyl (C=O) groups excluding carboxylic acids is 1. The molecule has 0 spiro atoms. The van der Waals surface area contributed by atoms with Crippen molar-refractivity contribution in [2.75, 3.05) is 20.2 Å². The van der Waals surface area contributed by atoms with Crippen LogP contribution in [0.2, 0.25) is 0 Å². The molecular formula is C15H23N3O2. The molecule has 0 amide bonds. The Balaban J connectivity index is 0.000000956. The first-order chi connectivity index (χ1) is 9.77. The minimum Gasteiger partial charge on any atom is -0.465 e. The molecule has 1 N–H and O–H groups in total. The van der Waals surface area contributed by atoms with Crippen LogP contribution in [0, 0.1) is 0 Å². The summed E-state index contributed by atoms with van der Waals surface area (Å²) in [5.41, 5.74) is 1.39. The third-order valence-electron chi connectivity index (χ3n) is 2.82. The van der Waals surface area contributed by atoms with Gasteiger partial charge in [0.25, 0.3) is 0 Å². The first kappa shape index (κ1) is 16.2. The van der Waals surface area contributed by atoms with Gasteiger partial charge in [0.1, 0.15) is 0 Å². The Morgan fingerprint density at radius 3 is 2.80 bits per heavy atom. The van der Waals surface area contributed by atoms with Gasteiger partial charge in [-0.1, -0.05) is 32.9 Å². The van der Waals surface area contributed by atoms with E-state index in [1.165, 1.54) is 7.11 Å². The number of nitrogens with one attached hydrogen (secondary N) is 1. The zero-order valence-electron chi connectivity index (χ0n) is 12.6. The number of methoxy groups -OCH3 is 1. The number of hydrogen-bond donors (Lipinski definition) is 1. The van der Waals surface area contributed by atoms with Crippen molar-refractivity contribution < 1.29 is 9.53 Å². The van der Waals surface area contributed by atoms with E-state index in [1.807, 2.05) is 30.7 Å². The second-order valence-electron chi connectivity index (χ2n) is 3.96. The number of hydrogen-bond acceptors (Lipinski definition) is 4. The molecule has 1 heterocycles. The maximum atomic E-state index is 11.7. The SMILES string of the molecule is CC.CCNCCn1ncc2cccc(C(=O)OC)c21. The summed E-state index contributed by atoms with van der Waals surface area (Å²) >= 11 is 0. The average molecular weight is 277 g/mol. The number of carbonyl (C=O) groups is 1. The van der Waals surface area contributed by atoms with Gasteiger partial charge in [-0.15, -0.1) is 0 Å². The molecule has 5 heteroatoms. The molecule has 2 rings (SSSR count). The maximum absolute atomic E-state index is 11.7. The molecule has 0 saturated carbocycles. The van der Waals surface area contributed by atoms with Gasteiger partial charge in [0.2, 0.25) is 0 Å². The van der Waals surface area contributed by atoms with Gasteiger partial charge < -0.3 is 10.1 Å². The molecule has 0 aliphatic heterocycles. The van der Waals surface area contributed by atoms with Crippen LogP contribution in [0.3, 0.4) is 0 Å². The minimum absolute atomic E-state index is 0.328. The van der Waals surface area contributed by atoms with E-state index in [1.54, 1.807) is 12.3 Å². The van der Waals surface area contributed by atoms with Crippen molar-refractivity contribution in [3.63, 3.8) is 0 Å². The summed E-state index contributed by atoms with van der Waals surface area (Å²) in [5, 5.41) is 8.50. The number of likely N-dealkylation sites (N-methyl/N-ethyl adjacent to an activating group) is 1. The van der Waals surface area contributed by atoms with Gasteiger partial charge in [-0.3, -0.25) is 4.68 Å². The highest BCUT2D eigenvalue weighted by atomic mass is 16.5. The second kappa shape index (κ2) is 8.32. The lowest BCUT2D eigenvalue weighted by Gasteiger charge is -2.07. The van der Waals surface area contributed by atoms with Crippen LogP contribution in [0.5, 0.6) is 0 Å². The number of nitrogens with zero attached hydrogens (tertiary/aromatic N) is 2. The van der Waals surface area contributed by atoms with Gasteiger partial charge in [0, 0.05) is 11.9 Å². The van der Waals surface area contributed by atoms with Crippen molar-refractivity contribution in [3.8, 4) is 0 Å². The molecule has 20 heavy (non-hydrogen) atoms. The van der Waals surface area contributed by atoms with Gasteiger partial charge >= 0.3 is 5.97 Å². The van der Waals surface area contributed by atoms with Crippen molar-refractivity contribution in [2.45, 2.75) is 27.3 Å². The highest BCUT2D eigenvalue weighted by Crippen LogP contribution is 2.19. The van der Waals surface area contributed by atoms with Gasteiger partial charge in [0.15, 0.2) is 0 Å². The number of ether oxygens (including phenoxy) is 1. The summed E-state index contributed by atoms with van der Waals surface area (Å²) in [6.45, 7) is 8.53. The number of esters is 1. The summed E-state index contributed by atoms with van der Waals surface area (Å²) < 4.78 is 6.64. The van der Waals surface area contributed by atoms with Crippen LogP contribution in [-0.2, 0) is 11.3 Å². The summed E-state index contributed by atoms with van der Waals surface area (Å²) in [5.74, 6) is -0.328. The number of para-hydroxylation sites is 1. The molecule has 0 atom stereocenters. The van der Waals surface area contributed by atoms with E-state index < -0.39 is 0 Å². The van der Waals surface area contributed by atoms with Gasteiger partial charge in [-0.05, 0) is 12.6 Å². The quantitative estimate of drug-likeness (QED) is 0.674. The van der Waals surface area contributed by atoms with Crippen LogP contribution in [0.25, 0.3) is 10.9 Å². The number of fused-ring (bicyclic) bond motifs is 1. The molecule has 1 aromatic carbocycles. The Bertz CT molecular complexity index is 549. The molecule has 110 valence electrons. The third-order valence-corrected chi connectivity index (χ3v) is 2.82. The molecule has 5 nitrogen and oxygen atoms in total. The van der Waals surface area contributed by atoms with E-state index in [-0.39, 0.29) is 5.97 Å². The first-order valence-electron chi connectivity index (χ1n) is 7.01.